The summed E-state index contributed by atoms with van der Waals surface area (Å²) in [5.41, 5.74) is 5.80. The zero-order valence-corrected chi connectivity index (χ0v) is 16.1. The molecule has 1 aromatic carbocycles. The van der Waals surface area contributed by atoms with Crippen LogP contribution in [0.1, 0.15) is 23.4 Å². The van der Waals surface area contributed by atoms with Crippen molar-refractivity contribution < 1.29 is 5.11 Å². The second-order valence-corrected chi connectivity index (χ2v) is 7.63. The summed E-state index contributed by atoms with van der Waals surface area (Å²) in [4.78, 5) is 10.2. The Bertz CT molecular complexity index is 1150. The van der Waals surface area contributed by atoms with E-state index >= 15 is 0 Å². The Balaban J connectivity index is 1.69. The number of aryl methyl sites for hydroxylation is 2. The van der Waals surface area contributed by atoms with E-state index in [0.29, 0.717) is 5.82 Å². The highest BCUT2D eigenvalue weighted by Gasteiger charge is 2.24. The van der Waals surface area contributed by atoms with Crippen LogP contribution in [0.5, 0.6) is 0 Å². The van der Waals surface area contributed by atoms with E-state index in [1.807, 2.05) is 35.9 Å². The van der Waals surface area contributed by atoms with Gasteiger partial charge in [0.15, 0.2) is 5.82 Å². The number of rotatable bonds is 4. The van der Waals surface area contributed by atoms with Crippen molar-refractivity contribution in [3.05, 3.63) is 53.6 Å². The van der Waals surface area contributed by atoms with E-state index in [-0.39, 0.29) is 6.61 Å². The minimum Gasteiger partial charge on any atom is -0.392 e. The average molecular weight is 390 g/mol. The van der Waals surface area contributed by atoms with Gasteiger partial charge in [-0.05, 0) is 25.0 Å². The molecule has 2 N–H and O–H groups in total. The molecular weight excluding hydrogens is 372 g/mol. The van der Waals surface area contributed by atoms with Crippen LogP contribution >= 0.6 is 11.3 Å². The number of nitrogens with one attached hydrogen (secondary N) is 1. The third-order valence-corrected chi connectivity index (χ3v) is 5.89. The van der Waals surface area contributed by atoms with Crippen LogP contribution in [0.25, 0.3) is 38.6 Å². The smallest absolute Gasteiger partial charge is 0.193 e. The van der Waals surface area contributed by atoms with Gasteiger partial charge in [-0.3, -0.25) is 9.78 Å². The Labute approximate surface area is 165 Å². The summed E-state index contributed by atoms with van der Waals surface area (Å²) in [6.07, 6.45) is 6.88. The first kappa shape index (κ1) is 17.0. The van der Waals surface area contributed by atoms with Crippen molar-refractivity contribution in [3.8, 4) is 32.5 Å². The van der Waals surface area contributed by atoms with Crippen molar-refractivity contribution in [1.82, 2.24) is 29.9 Å². The summed E-state index contributed by atoms with van der Waals surface area (Å²) < 4.78 is 2.05. The van der Waals surface area contributed by atoms with Gasteiger partial charge in [0.1, 0.15) is 16.2 Å². The van der Waals surface area contributed by atoms with Crippen LogP contribution in [0, 0.1) is 6.92 Å². The van der Waals surface area contributed by atoms with E-state index in [1.54, 1.807) is 17.7 Å². The van der Waals surface area contributed by atoms with E-state index in [0.717, 1.165) is 56.6 Å². The number of hydrogen-bond donors (Lipinski definition) is 2. The standard InChI is InChI=1S/C20H18N6OS/c1-12-16(15-4-2-3-9-26(15)25-12)20-23-17(14-7-5-13(10-27)6-8-14)18(28-20)19-21-11-22-24-19/h2,4-8,11,27H,3,9-10H2,1H3,(H,21,22,24). The molecule has 28 heavy (non-hydrogen) atoms. The molecule has 1 aliphatic rings. The SMILES string of the molecule is Cc1nn2c(c1-c1nc(-c3ccc(CO)cc3)c(-c3nc[nH]n3)s1)C=CCC2. The highest BCUT2D eigenvalue weighted by molar-refractivity contribution is 7.18. The van der Waals surface area contributed by atoms with Gasteiger partial charge in [-0.2, -0.15) is 10.2 Å². The molecule has 0 atom stereocenters. The molecule has 3 aromatic heterocycles. The summed E-state index contributed by atoms with van der Waals surface area (Å²) in [7, 11) is 0. The fourth-order valence-corrected chi connectivity index (χ4v) is 4.59. The number of hydrogen-bond acceptors (Lipinski definition) is 6. The lowest BCUT2D eigenvalue weighted by atomic mass is 10.1. The van der Waals surface area contributed by atoms with E-state index in [9.17, 15) is 5.11 Å². The molecule has 0 amide bonds. The lowest BCUT2D eigenvalue weighted by Gasteiger charge is -2.08. The van der Waals surface area contributed by atoms with Gasteiger partial charge in [0.05, 0.1) is 29.3 Å². The number of fused-ring (bicyclic) bond motifs is 1. The fraction of sp³-hybridized carbons (Fsp3) is 0.200. The van der Waals surface area contributed by atoms with Crippen LogP contribution < -0.4 is 0 Å². The number of benzene rings is 1. The third-order valence-electron chi connectivity index (χ3n) is 4.82. The number of aliphatic hydroxyl groups is 1. The number of aliphatic hydroxyl groups excluding tert-OH is 1. The zero-order chi connectivity index (χ0) is 19.1. The van der Waals surface area contributed by atoms with Crippen LogP contribution in [0.3, 0.4) is 0 Å². The summed E-state index contributed by atoms with van der Waals surface area (Å²) in [6.45, 7) is 2.93. The van der Waals surface area contributed by atoms with Gasteiger partial charge in [0, 0.05) is 12.1 Å². The van der Waals surface area contributed by atoms with Gasteiger partial charge < -0.3 is 5.11 Å². The van der Waals surface area contributed by atoms with E-state index in [2.05, 4.69) is 27.3 Å². The van der Waals surface area contributed by atoms with Crippen molar-refractivity contribution in [1.29, 1.82) is 0 Å². The molecule has 0 saturated carbocycles. The van der Waals surface area contributed by atoms with Gasteiger partial charge in [-0.15, -0.1) is 11.3 Å². The number of thiazole rings is 1. The zero-order valence-electron chi connectivity index (χ0n) is 15.3. The maximum atomic E-state index is 9.32. The molecule has 4 heterocycles. The predicted molar refractivity (Wildman–Crippen MR) is 108 cm³/mol. The number of allylic oxidation sites excluding steroid dienone is 1. The molecule has 5 rings (SSSR count). The molecule has 8 heteroatoms. The maximum absolute atomic E-state index is 9.32. The van der Waals surface area contributed by atoms with Crippen LogP contribution in [-0.4, -0.2) is 35.1 Å². The van der Waals surface area contributed by atoms with Gasteiger partial charge in [0.2, 0.25) is 0 Å². The van der Waals surface area contributed by atoms with Crippen LogP contribution in [0.2, 0.25) is 0 Å². The second kappa shape index (κ2) is 6.81. The largest absolute Gasteiger partial charge is 0.392 e. The van der Waals surface area contributed by atoms with Crippen molar-refractivity contribution >= 4 is 17.4 Å². The van der Waals surface area contributed by atoms with Gasteiger partial charge in [0.25, 0.3) is 0 Å². The van der Waals surface area contributed by atoms with Crippen LogP contribution in [0.4, 0.5) is 0 Å². The number of nitrogens with zero attached hydrogens (tertiary/aromatic N) is 5. The number of aromatic amines is 1. The van der Waals surface area contributed by atoms with Crippen molar-refractivity contribution in [2.24, 2.45) is 0 Å². The minimum atomic E-state index is 0.0183. The van der Waals surface area contributed by atoms with Crippen LogP contribution in [-0.2, 0) is 13.2 Å². The number of aromatic nitrogens is 6. The van der Waals surface area contributed by atoms with Crippen LogP contribution in [0.15, 0.2) is 36.7 Å². The van der Waals surface area contributed by atoms with Crippen molar-refractivity contribution in [2.45, 2.75) is 26.5 Å². The first-order valence-corrected chi connectivity index (χ1v) is 9.87. The van der Waals surface area contributed by atoms with Crippen molar-refractivity contribution in [2.75, 3.05) is 0 Å². The van der Waals surface area contributed by atoms with E-state index < -0.39 is 0 Å². The monoisotopic (exact) mass is 390 g/mol. The topological polar surface area (TPSA) is 92.5 Å². The molecule has 7 nitrogen and oxygen atoms in total. The summed E-state index contributed by atoms with van der Waals surface area (Å²) in [6, 6.07) is 7.76. The molecule has 0 unspecified atom stereocenters. The quantitative estimate of drug-likeness (QED) is 0.555. The Hall–Kier alpha value is -3.10. The van der Waals surface area contributed by atoms with Gasteiger partial charge >= 0.3 is 0 Å². The molecule has 0 radical (unpaired) electrons. The Kier molecular flexibility index (Phi) is 4.14. The minimum absolute atomic E-state index is 0.0183. The Morgan fingerprint density at radius 2 is 2.11 bits per heavy atom. The van der Waals surface area contributed by atoms with E-state index in [1.165, 1.54) is 0 Å². The molecule has 4 aromatic rings. The summed E-state index contributed by atoms with van der Waals surface area (Å²) in [5.74, 6) is 0.624. The highest BCUT2D eigenvalue weighted by Crippen LogP contribution is 2.41. The Morgan fingerprint density at radius 1 is 1.25 bits per heavy atom. The molecule has 140 valence electrons. The van der Waals surface area contributed by atoms with Gasteiger partial charge in [-0.1, -0.05) is 30.3 Å². The second-order valence-electron chi connectivity index (χ2n) is 6.63. The lowest BCUT2D eigenvalue weighted by Crippen LogP contribution is -2.04. The molecule has 0 aliphatic carbocycles. The third kappa shape index (κ3) is 2.78. The molecule has 1 aliphatic heterocycles. The summed E-state index contributed by atoms with van der Waals surface area (Å²) >= 11 is 1.57. The maximum Gasteiger partial charge on any atom is 0.193 e. The van der Waals surface area contributed by atoms with Crippen molar-refractivity contribution in [3.63, 3.8) is 0 Å². The normalized spacial score (nSPS) is 13.1. The van der Waals surface area contributed by atoms with E-state index in [4.69, 9.17) is 10.1 Å². The van der Waals surface area contributed by atoms with Gasteiger partial charge in [-0.25, -0.2) is 9.97 Å². The first-order valence-electron chi connectivity index (χ1n) is 9.06. The summed E-state index contributed by atoms with van der Waals surface area (Å²) in [5, 5.41) is 22.0. The Morgan fingerprint density at radius 3 is 2.86 bits per heavy atom. The predicted octanol–water partition coefficient (Wildman–Crippen LogP) is 3.68. The average Bonchev–Trinajstić information content (AvgIpc) is 3.45. The number of H-pyrrole nitrogens is 1. The molecule has 0 bridgehead atoms. The molecule has 0 fully saturated rings. The molecular formula is C20H18N6OS. The molecule has 0 spiro atoms. The highest BCUT2D eigenvalue weighted by atomic mass is 32.1. The first-order chi connectivity index (χ1) is 13.7. The lowest BCUT2D eigenvalue weighted by molar-refractivity contribution is 0.282. The fourth-order valence-electron chi connectivity index (χ4n) is 3.46. The molecule has 0 saturated heterocycles.